The molecule has 0 aromatic rings. The van der Waals surface area contributed by atoms with E-state index in [0.29, 0.717) is 5.57 Å². The van der Waals surface area contributed by atoms with Gasteiger partial charge in [-0.3, -0.25) is 0 Å². The van der Waals surface area contributed by atoms with Gasteiger partial charge in [-0.1, -0.05) is 40.2 Å². The highest BCUT2D eigenvalue weighted by Crippen LogP contribution is 2.28. The number of hydrogen-bond donors (Lipinski definition) is 0. The van der Waals surface area contributed by atoms with Crippen LogP contribution in [0.2, 0.25) is 12.1 Å². The molecule has 0 saturated carbocycles. The minimum atomic E-state index is -1.99. The molecule has 2 unspecified atom stereocenters. The lowest BCUT2D eigenvalue weighted by molar-refractivity contribution is -0.141. The standard InChI is InChI=1S/C14H28O3Si/c1-7-10-13(17-14(15)12(4)5)18(9-3,16-6)11-8-2/h13H,4,7-11H2,1-3,5-6H3. The zero-order chi connectivity index (χ0) is 14.2. The Morgan fingerprint density at radius 3 is 2.22 bits per heavy atom. The fraction of sp³-hybridized carbons (Fsp3) is 0.786. The summed E-state index contributed by atoms with van der Waals surface area (Å²) in [7, 11) is -0.220. The molecule has 0 aliphatic heterocycles. The van der Waals surface area contributed by atoms with Crippen LogP contribution < -0.4 is 0 Å². The second-order valence-corrected chi connectivity index (χ2v) is 9.22. The molecule has 0 aromatic carbocycles. The molecule has 106 valence electrons. The lowest BCUT2D eigenvalue weighted by Gasteiger charge is -2.35. The van der Waals surface area contributed by atoms with Crippen LogP contribution in [0.3, 0.4) is 0 Å². The van der Waals surface area contributed by atoms with Gasteiger partial charge in [-0.05, 0) is 25.4 Å². The minimum Gasteiger partial charge on any atom is -0.460 e. The monoisotopic (exact) mass is 272 g/mol. The van der Waals surface area contributed by atoms with Gasteiger partial charge in [-0.25, -0.2) is 4.79 Å². The van der Waals surface area contributed by atoms with Crippen LogP contribution in [0.25, 0.3) is 0 Å². The van der Waals surface area contributed by atoms with Crippen LogP contribution in [-0.2, 0) is 14.0 Å². The second kappa shape index (κ2) is 8.48. The summed E-state index contributed by atoms with van der Waals surface area (Å²) < 4.78 is 11.5. The Hall–Kier alpha value is -0.613. The zero-order valence-corrected chi connectivity index (χ0v) is 13.5. The van der Waals surface area contributed by atoms with Crippen LogP contribution in [0.4, 0.5) is 0 Å². The van der Waals surface area contributed by atoms with E-state index in [0.717, 1.165) is 31.4 Å². The van der Waals surface area contributed by atoms with E-state index in [-0.39, 0.29) is 11.7 Å². The van der Waals surface area contributed by atoms with Gasteiger partial charge in [0.2, 0.25) is 8.32 Å². The molecule has 0 saturated heterocycles. The summed E-state index contributed by atoms with van der Waals surface area (Å²) in [4.78, 5) is 11.8. The van der Waals surface area contributed by atoms with Crippen LogP contribution in [-0.4, -0.2) is 27.1 Å². The smallest absolute Gasteiger partial charge is 0.333 e. The average molecular weight is 272 g/mol. The summed E-state index contributed by atoms with van der Waals surface area (Å²) >= 11 is 0. The van der Waals surface area contributed by atoms with Gasteiger partial charge in [0.15, 0.2) is 0 Å². The minimum absolute atomic E-state index is 0.0540. The fourth-order valence-electron chi connectivity index (χ4n) is 2.29. The fourth-order valence-corrected chi connectivity index (χ4v) is 6.16. The van der Waals surface area contributed by atoms with Crippen molar-refractivity contribution in [3.05, 3.63) is 12.2 Å². The maximum Gasteiger partial charge on any atom is 0.333 e. The van der Waals surface area contributed by atoms with Crippen LogP contribution in [0.5, 0.6) is 0 Å². The highest BCUT2D eigenvalue weighted by atomic mass is 28.4. The molecule has 4 heteroatoms. The van der Waals surface area contributed by atoms with Gasteiger partial charge >= 0.3 is 5.97 Å². The van der Waals surface area contributed by atoms with E-state index in [1.54, 1.807) is 14.0 Å². The van der Waals surface area contributed by atoms with Gasteiger partial charge in [-0.15, -0.1) is 0 Å². The lowest BCUT2D eigenvalue weighted by atomic mass is 10.3. The number of rotatable bonds is 9. The van der Waals surface area contributed by atoms with E-state index >= 15 is 0 Å². The van der Waals surface area contributed by atoms with Crippen molar-refractivity contribution >= 4 is 14.3 Å². The summed E-state index contributed by atoms with van der Waals surface area (Å²) in [6.45, 7) is 11.7. The maximum absolute atomic E-state index is 11.8. The maximum atomic E-state index is 11.8. The van der Waals surface area contributed by atoms with E-state index in [1.165, 1.54) is 0 Å². The Kier molecular flexibility index (Phi) is 8.19. The van der Waals surface area contributed by atoms with Crippen LogP contribution >= 0.6 is 0 Å². The van der Waals surface area contributed by atoms with Gasteiger partial charge in [-0.2, -0.15) is 0 Å². The van der Waals surface area contributed by atoms with E-state index < -0.39 is 8.32 Å². The van der Waals surface area contributed by atoms with Gasteiger partial charge in [0.05, 0.1) is 0 Å². The van der Waals surface area contributed by atoms with Crippen LogP contribution in [0, 0.1) is 0 Å². The summed E-state index contributed by atoms with van der Waals surface area (Å²) in [5.41, 5.74) is 0.407. The third-order valence-electron chi connectivity index (χ3n) is 3.41. The molecule has 0 aromatic heterocycles. The van der Waals surface area contributed by atoms with Crippen LogP contribution in [0.1, 0.15) is 47.0 Å². The summed E-state index contributed by atoms with van der Waals surface area (Å²) in [6.07, 6.45) is 2.95. The number of carbonyl (C=O) groups is 1. The van der Waals surface area contributed by atoms with Crippen LogP contribution in [0.15, 0.2) is 12.2 Å². The Morgan fingerprint density at radius 1 is 1.28 bits per heavy atom. The first kappa shape index (κ1) is 17.4. The molecule has 3 nitrogen and oxygen atoms in total. The summed E-state index contributed by atoms with van der Waals surface area (Å²) in [5.74, 6) is -0.285. The topological polar surface area (TPSA) is 35.5 Å². The van der Waals surface area contributed by atoms with Gasteiger partial charge < -0.3 is 9.16 Å². The Morgan fingerprint density at radius 2 is 1.89 bits per heavy atom. The molecule has 0 radical (unpaired) electrons. The summed E-state index contributed by atoms with van der Waals surface area (Å²) in [5, 5.41) is 0. The summed E-state index contributed by atoms with van der Waals surface area (Å²) in [6, 6.07) is 2.01. The molecule has 0 N–H and O–H groups in total. The normalized spacial score (nSPS) is 15.8. The molecule has 2 atom stereocenters. The van der Waals surface area contributed by atoms with Crippen molar-refractivity contribution in [1.82, 2.24) is 0 Å². The van der Waals surface area contributed by atoms with Crippen molar-refractivity contribution in [1.29, 1.82) is 0 Å². The lowest BCUT2D eigenvalue weighted by Crippen LogP contribution is -2.51. The Labute approximate surface area is 113 Å². The van der Waals surface area contributed by atoms with Gasteiger partial charge in [0.25, 0.3) is 0 Å². The first-order chi connectivity index (χ1) is 8.47. The molecular weight excluding hydrogens is 244 g/mol. The van der Waals surface area contributed by atoms with Crippen molar-refractivity contribution in [3.8, 4) is 0 Å². The molecule has 0 aliphatic carbocycles. The molecule has 0 aliphatic rings. The zero-order valence-electron chi connectivity index (χ0n) is 12.5. The van der Waals surface area contributed by atoms with Crippen molar-refractivity contribution in [3.63, 3.8) is 0 Å². The quantitative estimate of drug-likeness (QED) is 0.363. The number of carbonyl (C=O) groups excluding carboxylic acids is 1. The molecule has 0 bridgehead atoms. The van der Waals surface area contributed by atoms with E-state index in [1.807, 2.05) is 0 Å². The predicted molar refractivity (Wildman–Crippen MR) is 77.9 cm³/mol. The predicted octanol–water partition coefficient (Wildman–Crippen LogP) is 3.84. The first-order valence-electron chi connectivity index (χ1n) is 6.89. The molecule has 0 heterocycles. The second-order valence-electron chi connectivity index (χ2n) is 4.84. The van der Waals surface area contributed by atoms with Crippen molar-refractivity contribution < 1.29 is 14.0 Å². The third kappa shape index (κ3) is 4.57. The largest absolute Gasteiger partial charge is 0.460 e. The number of hydrogen-bond acceptors (Lipinski definition) is 3. The molecule has 0 spiro atoms. The Balaban J connectivity index is 5.01. The molecule has 0 fully saturated rings. The van der Waals surface area contributed by atoms with Gasteiger partial charge in [0, 0.05) is 12.7 Å². The first-order valence-corrected chi connectivity index (χ1v) is 9.29. The number of esters is 1. The molecular formula is C14H28O3Si. The van der Waals surface area contributed by atoms with Gasteiger partial charge in [0.1, 0.15) is 5.73 Å². The van der Waals surface area contributed by atoms with E-state index in [4.69, 9.17) is 9.16 Å². The molecule has 18 heavy (non-hydrogen) atoms. The molecule has 0 amide bonds. The third-order valence-corrected chi connectivity index (χ3v) is 8.35. The number of ether oxygens (including phenoxy) is 1. The van der Waals surface area contributed by atoms with Crippen molar-refractivity contribution in [2.75, 3.05) is 7.11 Å². The van der Waals surface area contributed by atoms with E-state index in [9.17, 15) is 4.79 Å². The Bertz CT molecular complexity index is 272. The van der Waals surface area contributed by atoms with E-state index in [2.05, 4.69) is 27.4 Å². The highest BCUT2D eigenvalue weighted by Gasteiger charge is 2.42. The van der Waals surface area contributed by atoms with Crippen molar-refractivity contribution in [2.45, 2.75) is 64.8 Å². The van der Waals surface area contributed by atoms with Crippen molar-refractivity contribution in [2.24, 2.45) is 0 Å². The molecule has 0 rings (SSSR count). The highest BCUT2D eigenvalue weighted by molar-refractivity contribution is 6.75. The SMILES string of the molecule is C=C(C)C(=O)OC(CCC)[Si](CC)(CCC)OC. The average Bonchev–Trinajstić information content (AvgIpc) is 2.35.